The Kier molecular flexibility index (Phi) is 7.18. The minimum absolute atomic E-state index is 0.182. The molecule has 0 radical (unpaired) electrons. The molecule has 0 fully saturated rings. The molecule has 0 heterocycles. The van der Waals surface area contributed by atoms with Crippen molar-refractivity contribution in [3.05, 3.63) is 58.6 Å². The van der Waals surface area contributed by atoms with Crippen molar-refractivity contribution in [2.75, 3.05) is 25.6 Å². The summed E-state index contributed by atoms with van der Waals surface area (Å²) in [6, 6.07) is 12.4. The number of carbonyl (C=O) groups is 1. The molecular weight excluding hydrogens is 360 g/mol. The van der Waals surface area contributed by atoms with E-state index in [9.17, 15) is 4.79 Å². The summed E-state index contributed by atoms with van der Waals surface area (Å²) in [7, 11) is 1.59. The van der Waals surface area contributed by atoms with E-state index in [1.54, 1.807) is 43.5 Å². The number of anilines is 1. The Hall–Kier alpha value is -2.15. The van der Waals surface area contributed by atoms with Gasteiger partial charge in [-0.3, -0.25) is 10.1 Å². The Morgan fingerprint density at radius 1 is 1.20 bits per heavy atom. The third-order valence-electron chi connectivity index (χ3n) is 3.35. The molecule has 132 valence electrons. The second-order valence-electron chi connectivity index (χ2n) is 5.20. The third kappa shape index (κ3) is 5.70. The zero-order valence-corrected chi connectivity index (χ0v) is 15.5. The Bertz CT molecular complexity index is 768. The van der Waals surface area contributed by atoms with Crippen molar-refractivity contribution >= 4 is 40.5 Å². The number of ether oxygens (including phenoxy) is 2. The molecule has 0 aliphatic carbocycles. The number of hydrogen-bond acceptors (Lipinski definition) is 4. The Morgan fingerprint density at radius 3 is 2.72 bits per heavy atom. The number of methoxy groups -OCH3 is 1. The number of hydrogen-bond donors (Lipinski definition) is 2. The highest BCUT2D eigenvalue weighted by Crippen LogP contribution is 2.21. The summed E-state index contributed by atoms with van der Waals surface area (Å²) in [5.74, 6) is 0.115. The van der Waals surface area contributed by atoms with Crippen molar-refractivity contribution in [3.8, 4) is 5.75 Å². The van der Waals surface area contributed by atoms with E-state index >= 15 is 0 Å². The topological polar surface area (TPSA) is 59.6 Å². The lowest BCUT2D eigenvalue weighted by Crippen LogP contribution is -2.34. The number of rotatable bonds is 6. The fourth-order valence-electron chi connectivity index (χ4n) is 2.07. The lowest BCUT2D eigenvalue weighted by Gasteiger charge is -2.14. The molecule has 0 bridgehead atoms. The molecule has 5 nitrogen and oxygen atoms in total. The van der Waals surface area contributed by atoms with Crippen LogP contribution in [0.15, 0.2) is 42.5 Å². The van der Waals surface area contributed by atoms with E-state index in [1.807, 2.05) is 13.0 Å². The molecule has 1 amide bonds. The molecule has 2 N–H and O–H groups in total. The van der Waals surface area contributed by atoms with Gasteiger partial charge in [-0.15, -0.1) is 0 Å². The minimum Gasteiger partial charge on any atom is -0.490 e. The number of benzene rings is 2. The highest BCUT2D eigenvalue weighted by atomic mass is 35.5. The lowest BCUT2D eigenvalue weighted by atomic mass is 10.2. The summed E-state index contributed by atoms with van der Waals surface area (Å²) in [5, 5.41) is 6.39. The van der Waals surface area contributed by atoms with Gasteiger partial charge in [0.2, 0.25) is 0 Å². The number of amides is 1. The average Bonchev–Trinajstić information content (AvgIpc) is 2.58. The quantitative estimate of drug-likeness (QED) is 0.591. The Morgan fingerprint density at radius 2 is 1.96 bits per heavy atom. The Labute approximate surface area is 157 Å². The predicted molar refractivity (Wildman–Crippen MR) is 104 cm³/mol. The third-order valence-corrected chi connectivity index (χ3v) is 3.79. The highest BCUT2D eigenvalue weighted by Gasteiger charge is 2.14. The van der Waals surface area contributed by atoms with E-state index in [0.717, 1.165) is 11.3 Å². The van der Waals surface area contributed by atoms with Crippen LogP contribution in [0.2, 0.25) is 5.02 Å². The molecule has 2 aromatic carbocycles. The van der Waals surface area contributed by atoms with Gasteiger partial charge >= 0.3 is 0 Å². The molecule has 2 aromatic rings. The number of nitrogens with one attached hydrogen (secondary N) is 2. The molecule has 2 rings (SSSR count). The van der Waals surface area contributed by atoms with Crippen molar-refractivity contribution < 1.29 is 14.3 Å². The smallest absolute Gasteiger partial charge is 0.261 e. The van der Waals surface area contributed by atoms with Crippen molar-refractivity contribution in [2.24, 2.45) is 0 Å². The van der Waals surface area contributed by atoms with Crippen molar-refractivity contribution in [1.82, 2.24) is 5.32 Å². The van der Waals surface area contributed by atoms with Crippen molar-refractivity contribution in [1.29, 1.82) is 0 Å². The predicted octanol–water partition coefficient (Wildman–Crippen LogP) is 3.80. The maximum absolute atomic E-state index is 12.5. The summed E-state index contributed by atoms with van der Waals surface area (Å²) >= 11 is 11.2. The van der Waals surface area contributed by atoms with Crippen LogP contribution in [0, 0.1) is 6.92 Å². The van der Waals surface area contributed by atoms with E-state index in [0.29, 0.717) is 29.5 Å². The van der Waals surface area contributed by atoms with Gasteiger partial charge in [0, 0.05) is 17.8 Å². The number of carbonyl (C=O) groups excluding carboxylic acids is 1. The Balaban J connectivity index is 2.04. The van der Waals surface area contributed by atoms with Gasteiger partial charge in [-0.1, -0.05) is 29.8 Å². The van der Waals surface area contributed by atoms with Crippen molar-refractivity contribution in [3.63, 3.8) is 0 Å². The number of para-hydroxylation sites is 1. The normalized spacial score (nSPS) is 10.2. The van der Waals surface area contributed by atoms with Gasteiger partial charge in [0.05, 0.1) is 12.2 Å². The van der Waals surface area contributed by atoms with Gasteiger partial charge in [-0.2, -0.15) is 0 Å². The average molecular weight is 379 g/mol. The summed E-state index contributed by atoms with van der Waals surface area (Å²) in [6.45, 7) is 2.71. The zero-order valence-electron chi connectivity index (χ0n) is 14.0. The van der Waals surface area contributed by atoms with E-state index in [-0.39, 0.29) is 11.0 Å². The maximum atomic E-state index is 12.5. The largest absolute Gasteiger partial charge is 0.490 e. The van der Waals surface area contributed by atoms with Crippen LogP contribution in [0.25, 0.3) is 0 Å². The van der Waals surface area contributed by atoms with Crippen LogP contribution < -0.4 is 15.4 Å². The van der Waals surface area contributed by atoms with E-state index < -0.39 is 0 Å². The van der Waals surface area contributed by atoms with Crippen LogP contribution in [-0.2, 0) is 4.74 Å². The standard InChI is InChI=1S/C18H19ClN2O3S/c1-12-7-8-13(19)11-15(12)20-18(25)21-17(22)14-5-3-4-6-16(14)24-10-9-23-2/h3-8,11H,9-10H2,1-2H3,(H2,20,21,22,25). The maximum Gasteiger partial charge on any atom is 0.261 e. The number of halogens is 1. The van der Waals surface area contributed by atoms with Crippen LogP contribution in [0.5, 0.6) is 5.75 Å². The highest BCUT2D eigenvalue weighted by molar-refractivity contribution is 7.80. The second kappa shape index (κ2) is 9.36. The molecule has 0 unspecified atom stereocenters. The van der Waals surface area contributed by atoms with Crippen LogP contribution >= 0.6 is 23.8 Å². The summed E-state index contributed by atoms with van der Waals surface area (Å²) < 4.78 is 10.5. The first kappa shape index (κ1) is 19.2. The van der Waals surface area contributed by atoms with Gasteiger partial charge in [0.15, 0.2) is 5.11 Å². The van der Waals surface area contributed by atoms with E-state index in [2.05, 4.69) is 10.6 Å². The molecular formula is C18H19ClN2O3S. The number of thiocarbonyl (C=S) groups is 1. The van der Waals surface area contributed by atoms with Gasteiger partial charge in [-0.25, -0.2) is 0 Å². The van der Waals surface area contributed by atoms with E-state index in [4.69, 9.17) is 33.3 Å². The first-order valence-electron chi connectivity index (χ1n) is 7.60. The molecule has 0 aliphatic rings. The monoisotopic (exact) mass is 378 g/mol. The van der Waals surface area contributed by atoms with Crippen LogP contribution in [0.1, 0.15) is 15.9 Å². The molecule has 0 saturated heterocycles. The van der Waals surface area contributed by atoms with Gasteiger partial charge in [0.1, 0.15) is 12.4 Å². The molecule has 0 atom stereocenters. The summed E-state index contributed by atoms with van der Waals surface area (Å²) in [5.41, 5.74) is 2.09. The lowest BCUT2D eigenvalue weighted by molar-refractivity contribution is 0.0970. The molecule has 0 aromatic heterocycles. The molecule has 25 heavy (non-hydrogen) atoms. The van der Waals surface area contributed by atoms with E-state index in [1.165, 1.54) is 0 Å². The molecule has 7 heteroatoms. The van der Waals surface area contributed by atoms with Gasteiger partial charge in [-0.05, 0) is 49.0 Å². The van der Waals surface area contributed by atoms with Crippen LogP contribution in [-0.4, -0.2) is 31.3 Å². The van der Waals surface area contributed by atoms with Crippen molar-refractivity contribution in [2.45, 2.75) is 6.92 Å². The molecule has 0 saturated carbocycles. The van der Waals surface area contributed by atoms with Crippen LogP contribution in [0.3, 0.4) is 0 Å². The molecule has 0 spiro atoms. The van der Waals surface area contributed by atoms with Gasteiger partial charge in [0.25, 0.3) is 5.91 Å². The first-order chi connectivity index (χ1) is 12.0. The molecule has 0 aliphatic heterocycles. The SMILES string of the molecule is COCCOc1ccccc1C(=O)NC(=S)Nc1cc(Cl)ccc1C. The second-order valence-corrected chi connectivity index (χ2v) is 6.05. The number of aryl methyl sites for hydroxylation is 1. The van der Waals surface area contributed by atoms with Crippen LogP contribution in [0.4, 0.5) is 5.69 Å². The summed E-state index contributed by atoms with van der Waals surface area (Å²) in [6.07, 6.45) is 0. The zero-order chi connectivity index (χ0) is 18.2. The minimum atomic E-state index is -0.356. The fourth-order valence-corrected chi connectivity index (χ4v) is 2.44. The van der Waals surface area contributed by atoms with Gasteiger partial charge < -0.3 is 14.8 Å². The first-order valence-corrected chi connectivity index (χ1v) is 8.39. The summed E-state index contributed by atoms with van der Waals surface area (Å²) in [4.78, 5) is 12.5. The fraction of sp³-hybridized carbons (Fsp3) is 0.222.